The molecule has 0 radical (unpaired) electrons. The molecule has 5 nitrogen and oxygen atoms in total. The van der Waals surface area contributed by atoms with Crippen LogP contribution in [0, 0.1) is 0 Å². The minimum Gasteiger partial charge on any atom is -0.400 e. The number of rotatable bonds is 1. The second-order valence-corrected chi connectivity index (χ2v) is 6.59. The van der Waals surface area contributed by atoms with E-state index in [4.69, 9.17) is 5.11 Å². The van der Waals surface area contributed by atoms with Crippen molar-refractivity contribution in [1.82, 2.24) is 9.88 Å². The molecule has 2 unspecified atom stereocenters. The van der Waals surface area contributed by atoms with E-state index in [2.05, 4.69) is 23.9 Å². The minimum atomic E-state index is -4.29. The van der Waals surface area contributed by atoms with Crippen molar-refractivity contribution in [3.8, 4) is 0 Å². The van der Waals surface area contributed by atoms with E-state index in [9.17, 15) is 18.3 Å². The van der Waals surface area contributed by atoms with Gasteiger partial charge in [-0.05, 0) is 45.7 Å². The van der Waals surface area contributed by atoms with Crippen molar-refractivity contribution in [1.29, 1.82) is 0 Å². The van der Waals surface area contributed by atoms with E-state index in [1.807, 2.05) is 0 Å². The molecule has 150 valence electrons. The average molecular weight is 377 g/mol. The fourth-order valence-electron chi connectivity index (χ4n) is 3.10. The molecule has 0 amide bonds. The first-order valence-electron chi connectivity index (χ1n) is 8.88. The predicted molar refractivity (Wildman–Crippen MR) is 96.2 cm³/mol. The molecule has 3 rings (SSSR count). The van der Waals surface area contributed by atoms with E-state index in [1.165, 1.54) is 12.4 Å². The summed E-state index contributed by atoms with van der Waals surface area (Å²) >= 11 is 0. The van der Waals surface area contributed by atoms with Crippen molar-refractivity contribution in [2.75, 3.05) is 38.7 Å². The van der Waals surface area contributed by atoms with E-state index < -0.39 is 11.7 Å². The molecule has 8 heteroatoms. The Morgan fingerprint density at radius 3 is 2.27 bits per heavy atom. The fourth-order valence-corrected chi connectivity index (χ4v) is 3.10. The molecule has 26 heavy (non-hydrogen) atoms. The van der Waals surface area contributed by atoms with Crippen LogP contribution in [0.3, 0.4) is 0 Å². The highest BCUT2D eigenvalue weighted by Gasteiger charge is 2.35. The van der Waals surface area contributed by atoms with Crippen LogP contribution in [0.1, 0.15) is 38.2 Å². The summed E-state index contributed by atoms with van der Waals surface area (Å²) in [5.74, 6) is 0. The molecule has 2 aliphatic rings. The molecule has 0 bridgehead atoms. The number of halogens is 3. The molecular formula is C18H30F3N3O2. The van der Waals surface area contributed by atoms with Crippen LogP contribution in [0.4, 0.5) is 18.9 Å². The van der Waals surface area contributed by atoms with Gasteiger partial charge in [-0.15, -0.1) is 0 Å². The average Bonchev–Trinajstić information content (AvgIpc) is 3.15. The maximum absolute atomic E-state index is 12.6. The van der Waals surface area contributed by atoms with Crippen LogP contribution in [0.2, 0.25) is 0 Å². The number of likely N-dealkylation sites (tertiary alicyclic amines) is 1. The Labute approximate surface area is 153 Å². The second-order valence-electron chi connectivity index (χ2n) is 6.59. The van der Waals surface area contributed by atoms with Gasteiger partial charge in [0.05, 0.1) is 23.6 Å². The topological polar surface area (TPSA) is 59.8 Å². The SMILES string of the molecule is CC1CC(O)CCN1C.CO.FC(F)(F)c1ccncc1N1CCCC1. The number of aromatic nitrogens is 1. The number of piperidine rings is 1. The van der Waals surface area contributed by atoms with Crippen molar-refractivity contribution < 1.29 is 23.4 Å². The first-order chi connectivity index (χ1) is 12.3. The third-order valence-electron chi connectivity index (χ3n) is 4.73. The van der Waals surface area contributed by atoms with Gasteiger partial charge in [0.15, 0.2) is 0 Å². The van der Waals surface area contributed by atoms with Crippen LogP contribution in [0.15, 0.2) is 18.5 Å². The Balaban J connectivity index is 0.000000263. The summed E-state index contributed by atoms with van der Waals surface area (Å²) in [6.07, 6.45) is 1.93. The lowest BCUT2D eigenvalue weighted by molar-refractivity contribution is -0.137. The van der Waals surface area contributed by atoms with Crippen molar-refractivity contribution in [3.63, 3.8) is 0 Å². The maximum Gasteiger partial charge on any atom is 0.418 e. The number of aliphatic hydroxyl groups excluding tert-OH is 2. The summed E-state index contributed by atoms with van der Waals surface area (Å²) in [5.41, 5.74) is -0.373. The highest BCUT2D eigenvalue weighted by molar-refractivity contribution is 5.53. The first-order valence-corrected chi connectivity index (χ1v) is 8.88. The first kappa shape index (κ1) is 22.7. The third kappa shape index (κ3) is 6.74. The summed E-state index contributed by atoms with van der Waals surface area (Å²) < 4.78 is 37.9. The Morgan fingerprint density at radius 1 is 1.15 bits per heavy atom. The monoisotopic (exact) mass is 377 g/mol. The Bertz CT molecular complexity index is 523. The lowest BCUT2D eigenvalue weighted by Crippen LogP contribution is -2.39. The smallest absolute Gasteiger partial charge is 0.400 e. The summed E-state index contributed by atoms with van der Waals surface area (Å²) in [4.78, 5) is 7.79. The standard InChI is InChI=1S/C10H11F3N2.C7H15NO.CH4O/c11-10(12,13)8-3-4-14-7-9(8)15-5-1-2-6-15;1-6-5-7(9)3-4-8(6)2;1-2/h3-4,7H,1-2,5-6H2;6-7,9H,3-5H2,1-2H3;2H,1H3. The lowest BCUT2D eigenvalue weighted by atomic mass is 10.0. The molecule has 0 aliphatic carbocycles. The zero-order valence-corrected chi connectivity index (χ0v) is 15.7. The molecule has 0 spiro atoms. The van der Waals surface area contributed by atoms with E-state index >= 15 is 0 Å². The van der Waals surface area contributed by atoms with E-state index in [0.717, 1.165) is 45.4 Å². The maximum atomic E-state index is 12.6. The molecule has 2 saturated heterocycles. The second kappa shape index (κ2) is 10.7. The van der Waals surface area contributed by atoms with Crippen molar-refractivity contribution in [2.24, 2.45) is 0 Å². The number of hydrogen-bond donors (Lipinski definition) is 2. The van der Waals surface area contributed by atoms with Crippen LogP contribution in [0.25, 0.3) is 0 Å². The molecule has 2 fully saturated rings. The van der Waals surface area contributed by atoms with Gasteiger partial charge in [0.25, 0.3) is 0 Å². The Morgan fingerprint density at radius 2 is 1.77 bits per heavy atom. The Hall–Kier alpha value is -1.38. The van der Waals surface area contributed by atoms with Crippen molar-refractivity contribution >= 4 is 5.69 Å². The molecule has 2 atom stereocenters. The quantitative estimate of drug-likeness (QED) is 0.788. The molecule has 2 aliphatic heterocycles. The summed E-state index contributed by atoms with van der Waals surface area (Å²) in [6.45, 7) is 4.58. The fraction of sp³-hybridized carbons (Fsp3) is 0.722. The number of nitrogens with zero attached hydrogens (tertiary/aromatic N) is 3. The summed E-state index contributed by atoms with van der Waals surface area (Å²) in [5, 5.41) is 16.2. The molecule has 3 heterocycles. The number of alkyl halides is 3. The highest BCUT2D eigenvalue weighted by atomic mass is 19.4. The van der Waals surface area contributed by atoms with E-state index in [0.29, 0.717) is 19.1 Å². The summed E-state index contributed by atoms with van der Waals surface area (Å²) in [7, 11) is 3.11. The van der Waals surface area contributed by atoms with Crippen LogP contribution >= 0.6 is 0 Å². The lowest BCUT2D eigenvalue weighted by Gasteiger charge is -2.32. The van der Waals surface area contributed by atoms with Crippen LogP contribution in [-0.2, 0) is 6.18 Å². The molecule has 1 aromatic rings. The summed E-state index contributed by atoms with van der Waals surface area (Å²) in [6, 6.07) is 1.60. The zero-order chi connectivity index (χ0) is 19.7. The molecule has 1 aromatic heterocycles. The molecular weight excluding hydrogens is 347 g/mol. The predicted octanol–water partition coefficient (Wildman–Crippen LogP) is 2.77. The van der Waals surface area contributed by atoms with Gasteiger partial charge in [0.1, 0.15) is 0 Å². The highest BCUT2D eigenvalue weighted by Crippen LogP contribution is 2.36. The van der Waals surface area contributed by atoms with Gasteiger partial charge in [-0.3, -0.25) is 4.98 Å². The van der Waals surface area contributed by atoms with Crippen LogP contribution in [0.5, 0.6) is 0 Å². The van der Waals surface area contributed by atoms with E-state index in [1.54, 1.807) is 4.90 Å². The van der Waals surface area contributed by atoms with Gasteiger partial charge >= 0.3 is 6.18 Å². The molecule has 0 saturated carbocycles. The minimum absolute atomic E-state index is 0.0452. The van der Waals surface area contributed by atoms with Crippen LogP contribution in [-0.4, -0.2) is 66.0 Å². The zero-order valence-electron chi connectivity index (χ0n) is 15.7. The van der Waals surface area contributed by atoms with Crippen LogP contribution < -0.4 is 4.90 Å². The normalized spacial score (nSPS) is 23.6. The van der Waals surface area contributed by atoms with Crippen molar-refractivity contribution in [3.05, 3.63) is 24.0 Å². The van der Waals surface area contributed by atoms with Gasteiger partial charge in [-0.2, -0.15) is 13.2 Å². The van der Waals surface area contributed by atoms with Gasteiger partial charge in [0.2, 0.25) is 0 Å². The van der Waals surface area contributed by atoms with Gasteiger partial charge in [-0.25, -0.2) is 0 Å². The number of anilines is 1. The van der Waals surface area contributed by atoms with E-state index in [-0.39, 0.29) is 11.8 Å². The van der Waals surface area contributed by atoms with Crippen molar-refractivity contribution in [2.45, 2.75) is 50.9 Å². The molecule has 2 N–H and O–H groups in total. The molecule has 0 aromatic carbocycles. The Kier molecular flexibility index (Phi) is 9.32. The number of hydrogen-bond acceptors (Lipinski definition) is 5. The largest absolute Gasteiger partial charge is 0.418 e. The van der Waals surface area contributed by atoms with Gasteiger partial charge in [0, 0.05) is 39.0 Å². The van der Waals surface area contributed by atoms with Gasteiger partial charge in [-0.1, -0.05) is 0 Å². The number of aliphatic hydroxyl groups is 2. The number of pyridine rings is 1. The van der Waals surface area contributed by atoms with Gasteiger partial charge < -0.3 is 20.0 Å². The third-order valence-corrected chi connectivity index (χ3v) is 4.73.